The molecule has 0 bridgehead atoms. The van der Waals surface area contributed by atoms with Crippen LogP contribution in [0, 0.1) is 12.8 Å². The highest BCUT2D eigenvalue weighted by Gasteiger charge is 2.16. The summed E-state index contributed by atoms with van der Waals surface area (Å²) in [5.41, 5.74) is 2.84. The first-order valence-electron chi connectivity index (χ1n) is 7.57. The molecule has 0 heterocycles. The second-order valence-electron chi connectivity index (χ2n) is 5.64. The Morgan fingerprint density at radius 3 is 2.58 bits per heavy atom. The van der Waals surface area contributed by atoms with Crippen molar-refractivity contribution in [1.82, 2.24) is 5.32 Å². The Hall–Kier alpha value is -0.340. The molecule has 0 spiro atoms. The topological polar surface area (TPSA) is 12.0 Å². The molecule has 2 unspecified atom stereocenters. The Morgan fingerprint density at radius 2 is 1.95 bits per heavy atom. The molecule has 0 fully saturated rings. The third-order valence-corrected chi connectivity index (χ3v) is 4.17. The summed E-state index contributed by atoms with van der Waals surface area (Å²) in [6.07, 6.45) is 5.01. The van der Waals surface area contributed by atoms with E-state index in [4.69, 9.17) is 0 Å². The predicted molar refractivity (Wildman–Crippen MR) is 88.6 cm³/mol. The fourth-order valence-corrected chi connectivity index (χ4v) is 3.02. The third-order valence-electron chi connectivity index (χ3n) is 3.68. The first-order valence-corrected chi connectivity index (χ1v) is 8.37. The highest BCUT2D eigenvalue weighted by atomic mass is 79.9. The second kappa shape index (κ2) is 8.76. The Bertz CT molecular complexity index is 376. The lowest BCUT2D eigenvalue weighted by atomic mass is 9.91. The standard InChI is InChI=1S/C17H28BrN/c1-5-7-13(3)11-17(19-10-6-2)16-12-15(18)9-8-14(16)4/h8-9,12-13,17,19H,5-7,10-11H2,1-4H3. The fraction of sp³-hybridized carbons (Fsp3) is 0.647. The number of hydrogen-bond acceptors (Lipinski definition) is 1. The van der Waals surface area contributed by atoms with E-state index in [1.165, 1.54) is 41.3 Å². The molecular weight excluding hydrogens is 298 g/mol. The molecule has 0 saturated heterocycles. The van der Waals surface area contributed by atoms with E-state index >= 15 is 0 Å². The van der Waals surface area contributed by atoms with E-state index in [1.54, 1.807) is 0 Å². The number of halogens is 1. The van der Waals surface area contributed by atoms with Gasteiger partial charge in [-0.1, -0.05) is 55.6 Å². The molecule has 1 aromatic rings. The van der Waals surface area contributed by atoms with Crippen molar-refractivity contribution in [2.75, 3.05) is 6.54 Å². The van der Waals surface area contributed by atoms with Gasteiger partial charge in [-0.05, 0) is 55.5 Å². The van der Waals surface area contributed by atoms with Gasteiger partial charge in [0.1, 0.15) is 0 Å². The molecule has 0 radical (unpaired) electrons. The van der Waals surface area contributed by atoms with E-state index in [1.807, 2.05) is 0 Å². The average Bonchev–Trinajstić information content (AvgIpc) is 2.38. The monoisotopic (exact) mass is 325 g/mol. The fourth-order valence-electron chi connectivity index (χ4n) is 2.64. The van der Waals surface area contributed by atoms with Gasteiger partial charge in [0, 0.05) is 10.5 Å². The van der Waals surface area contributed by atoms with Crippen LogP contribution in [0.2, 0.25) is 0 Å². The van der Waals surface area contributed by atoms with Gasteiger partial charge in [0.2, 0.25) is 0 Å². The van der Waals surface area contributed by atoms with Crippen molar-refractivity contribution in [3.8, 4) is 0 Å². The number of hydrogen-bond donors (Lipinski definition) is 1. The Balaban J connectivity index is 2.85. The van der Waals surface area contributed by atoms with Gasteiger partial charge in [-0.2, -0.15) is 0 Å². The van der Waals surface area contributed by atoms with Crippen molar-refractivity contribution < 1.29 is 0 Å². The minimum absolute atomic E-state index is 0.485. The van der Waals surface area contributed by atoms with Gasteiger partial charge in [0.05, 0.1) is 0 Å². The zero-order chi connectivity index (χ0) is 14.3. The quantitative estimate of drug-likeness (QED) is 0.653. The van der Waals surface area contributed by atoms with Gasteiger partial charge in [-0.15, -0.1) is 0 Å². The maximum atomic E-state index is 3.72. The maximum Gasteiger partial charge on any atom is 0.0325 e. The van der Waals surface area contributed by atoms with E-state index in [0.29, 0.717) is 6.04 Å². The lowest BCUT2D eigenvalue weighted by Crippen LogP contribution is -2.24. The van der Waals surface area contributed by atoms with E-state index in [0.717, 1.165) is 12.5 Å². The lowest BCUT2D eigenvalue weighted by molar-refractivity contribution is 0.389. The molecule has 1 N–H and O–H groups in total. The lowest BCUT2D eigenvalue weighted by Gasteiger charge is -2.24. The smallest absolute Gasteiger partial charge is 0.0325 e. The average molecular weight is 326 g/mol. The van der Waals surface area contributed by atoms with Crippen LogP contribution in [0.4, 0.5) is 0 Å². The molecule has 0 aliphatic carbocycles. The van der Waals surface area contributed by atoms with Gasteiger partial charge >= 0.3 is 0 Å². The zero-order valence-corrected chi connectivity index (χ0v) is 14.4. The molecule has 1 rings (SSSR count). The van der Waals surface area contributed by atoms with E-state index in [9.17, 15) is 0 Å². The van der Waals surface area contributed by atoms with Crippen LogP contribution in [0.1, 0.15) is 63.6 Å². The Kier molecular flexibility index (Phi) is 7.70. The van der Waals surface area contributed by atoms with Crippen LogP contribution in [0.25, 0.3) is 0 Å². The van der Waals surface area contributed by atoms with E-state index in [2.05, 4.69) is 67.1 Å². The number of rotatable bonds is 8. The third kappa shape index (κ3) is 5.66. The van der Waals surface area contributed by atoms with Crippen LogP contribution in [-0.2, 0) is 0 Å². The molecule has 19 heavy (non-hydrogen) atoms. The molecule has 1 aromatic carbocycles. The molecule has 0 aromatic heterocycles. The van der Waals surface area contributed by atoms with Crippen molar-refractivity contribution in [3.63, 3.8) is 0 Å². The SMILES string of the molecule is CCCNC(CC(C)CCC)c1cc(Br)ccc1C. The summed E-state index contributed by atoms with van der Waals surface area (Å²) < 4.78 is 1.18. The van der Waals surface area contributed by atoms with Crippen molar-refractivity contribution in [1.29, 1.82) is 0 Å². The largest absolute Gasteiger partial charge is 0.310 e. The molecule has 0 aliphatic rings. The first kappa shape index (κ1) is 16.7. The number of nitrogens with one attached hydrogen (secondary N) is 1. The molecule has 0 amide bonds. The summed E-state index contributed by atoms with van der Waals surface area (Å²) in [6.45, 7) is 10.2. The van der Waals surface area contributed by atoms with Gasteiger partial charge in [0.15, 0.2) is 0 Å². The van der Waals surface area contributed by atoms with Crippen LogP contribution in [0.5, 0.6) is 0 Å². The van der Waals surface area contributed by atoms with Gasteiger partial charge < -0.3 is 5.32 Å². The summed E-state index contributed by atoms with van der Waals surface area (Å²) in [7, 11) is 0. The van der Waals surface area contributed by atoms with Crippen LogP contribution >= 0.6 is 15.9 Å². The summed E-state index contributed by atoms with van der Waals surface area (Å²) in [6, 6.07) is 7.11. The molecule has 0 aliphatic heterocycles. The number of benzene rings is 1. The first-order chi connectivity index (χ1) is 9.08. The zero-order valence-electron chi connectivity index (χ0n) is 12.8. The van der Waals surface area contributed by atoms with Crippen molar-refractivity contribution in [3.05, 3.63) is 33.8 Å². The molecule has 108 valence electrons. The normalized spacial score (nSPS) is 14.4. The van der Waals surface area contributed by atoms with Crippen LogP contribution < -0.4 is 5.32 Å². The summed E-state index contributed by atoms with van der Waals surface area (Å²) >= 11 is 3.60. The molecule has 2 atom stereocenters. The molecule has 1 nitrogen and oxygen atoms in total. The van der Waals surface area contributed by atoms with Crippen molar-refractivity contribution >= 4 is 15.9 Å². The highest BCUT2D eigenvalue weighted by molar-refractivity contribution is 9.10. The summed E-state index contributed by atoms with van der Waals surface area (Å²) in [4.78, 5) is 0. The van der Waals surface area contributed by atoms with E-state index < -0.39 is 0 Å². The summed E-state index contributed by atoms with van der Waals surface area (Å²) in [5, 5.41) is 3.72. The van der Waals surface area contributed by atoms with Crippen LogP contribution in [-0.4, -0.2) is 6.54 Å². The molecular formula is C17H28BrN. The van der Waals surface area contributed by atoms with Crippen LogP contribution in [0.3, 0.4) is 0 Å². The van der Waals surface area contributed by atoms with Gasteiger partial charge in [-0.3, -0.25) is 0 Å². The second-order valence-corrected chi connectivity index (χ2v) is 6.55. The van der Waals surface area contributed by atoms with Gasteiger partial charge in [-0.25, -0.2) is 0 Å². The minimum Gasteiger partial charge on any atom is -0.310 e. The maximum absolute atomic E-state index is 3.72. The predicted octanol–water partition coefficient (Wildman–Crippen LogP) is 5.62. The Morgan fingerprint density at radius 1 is 1.21 bits per heavy atom. The molecule has 0 saturated carbocycles. The van der Waals surface area contributed by atoms with Crippen molar-refractivity contribution in [2.45, 2.75) is 59.4 Å². The summed E-state index contributed by atoms with van der Waals surface area (Å²) in [5.74, 6) is 0.776. The Labute approximate surface area is 127 Å². The van der Waals surface area contributed by atoms with Crippen LogP contribution in [0.15, 0.2) is 22.7 Å². The van der Waals surface area contributed by atoms with Gasteiger partial charge in [0.25, 0.3) is 0 Å². The van der Waals surface area contributed by atoms with E-state index in [-0.39, 0.29) is 0 Å². The highest BCUT2D eigenvalue weighted by Crippen LogP contribution is 2.28. The number of aryl methyl sites for hydroxylation is 1. The molecule has 2 heteroatoms. The minimum atomic E-state index is 0.485. The van der Waals surface area contributed by atoms with Crippen molar-refractivity contribution in [2.24, 2.45) is 5.92 Å².